The van der Waals surface area contributed by atoms with Crippen LogP contribution in [-0.4, -0.2) is 65.5 Å². The quantitative estimate of drug-likeness (QED) is 0.819. The number of carbonyl (C=O) groups excluding carboxylic acids is 3. The molecule has 158 valence electrons. The van der Waals surface area contributed by atoms with Crippen molar-refractivity contribution in [3.05, 3.63) is 35.9 Å². The number of rotatable bonds is 5. The summed E-state index contributed by atoms with van der Waals surface area (Å²) in [6.07, 6.45) is 1.83. The molecule has 1 N–H and O–H groups in total. The average molecular weight is 402 g/mol. The van der Waals surface area contributed by atoms with Crippen LogP contribution >= 0.6 is 0 Å². The number of hydrogen-bond acceptors (Lipinski definition) is 4. The lowest BCUT2D eigenvalue weighted by molar-refractivity contribution is -0.146. The van der Waals surface area contributed by atoms with Gasteiger partial charge < -0.3 is 15.0 Å². The van der Waals surface area contributed by atoms with Crippen LogP contribution in [0.4, 0.5) is 0 Å². The maximum absolute atomic E-state index is 13.4. The first kappa shape index (κ1) is 21.3. The zero-order valence-corrected chi connectivity index (χ0v) is 17.5. The first-order valence-corrected chi connectivity index (χ1v) is 10.5. The monoisotopic (exact) mass is 401 g/mol. The van der Waals surface area contributed by atoms with Crippen LogP contribution in [0.25, 0.3) is 0 Å². The molecule has 2 saturated heterocycles. The highest BCUT2D eigenvalue weighted by Gasteiger charge is 2.54. The van der Waals surface area contributed by atoms with Gasteiger partial charge in [-0.05, 0) is 18.6 Å². The van der Waals surface area contributed by atoms with Crippen molar-refractivity contribution in [3.63, 3.8) is 0 Å². The SMILES string of the molecule is CCCNC(=O)C1COC2(CCN(C(=O)C(C)C)CC2)N1C(=O)c1ccccc1. The maximum atomic E-state index is 13.4. The molecule has 0 bridgehead atoms. The van der Waals surface area contributed by atoms with E-state index in [-0.39, 0.29) is 30.2 Å². The highest BCUT2D eigenvalue weighted by Crippen LogP contribution is 2.38. The van der Waals surface area contributed by atoms with Gasteiger partial charge in [0, 0.05) is 44.0 Å². The Balaban J connectivity index is 1.85. The molecular formula is C22H31N3O4. The van der Waals surface area contributed by atoms with Crippen LogP contribution in [0.3, 0.4) is 0 Å². The van der Waals surface area contributed by atoms with Gasteiger partial charge in [-0.15, -0.1) is 0 Å². The molecule has 3 amide bonds. The Hall–Kier alpha value is -2.41. The van der Waals surface area contributed by atoms with Gasteiger partial charge in [-0.2, -0.15) is 0 Å². The second-order valence-corrected chi connectivity index (χ2v) is 8.09. The standard InChI is InChI=1S/C22H31N3O4/c1-4-12-23-19(26)18-15-29-22(10-13-24(14-11-22)20(27)16(2)3)25(18)21(28)17-8-6-5-7-9-17/h5-9,16,18H,4,10-15H2,1-3H3,(H,23,26). The first-order chi connectivity index (χ1) is 13.9. The lowest BCUT2D eigenvalue weighted by Crippen LogP contribution is -2.60. The number of ether oxygens (including phenoxy) is 1. The second kappa shape index (κ2) is 8.95. The zero-order chi connectivity index (χ0) is 21.0. The van der Waals surface area contributed by atoms with Gasteiger partial charge in [-0.1, -0.05) is 39.0 Å². The van der Waals surface area contributed by atoms with E-state index in [4.69, 9.17) is 4.74 Å². The molecule has 3 rings (SSSR count). The number of likely N-dealkylation sites (tertiary alicyclic amines) is 1. The van der Waals surface area contributed by atoms with Crippen molar-refractivity contribution < 1.29 is 19.1 Å². The summed E-state index contributed by atoms with van der Waals surface area (Å²) in [4.78, 5) is 42.0. The van der Waals surface area contributed by atoms with Gasteiger partial charge in [0.2, 0.25) is 11.8 Å². The fraction of sp³-hybridized carbons (Fsp3) is 0.591. The van der Waals surface area contributed by atoms with Crippen molar-refractivity contribution >= 4 is 17.7 Å². The highest BCUT2D eigenvalue weighted by molar-refractivity contribution is 5.98. The molecule has 0 radical (unpaired) electrons. The highest BCUT2D eigenvalue weighted by atomic mass is 16.5. The van der Waals surface area contributed by atoms with Crippen molar-refractivity contribution in [1.29, 1.82) is 0 Å². The molecule has 29 heavy (non-hydrogen) atoms. The van der Waals surface area contributed by atoms with Crippen LogP contribution in [0, 0.1) is 5.92 Å². The molecule has 2 fully saturated rings. The summed E-state index contributed by atoms with van der Waals surface area (Å²) in [6.45, 7) is 7.52. The number of nitrogens with one attached hydrogen (secondary N) is 1. The van der Waals surface area contributed by atoms with Crippen molar-refractivity contribution in [3.8, 4) is 0 Å². The van der Waals surface area contributed by atoms with E-state index >= 15 is 0 Å². The van der Waals surface area contributed by atoms with E-state index in [2.05, 4.69) is 5.32 Å². The zero-order valence-electron chi connectivity index (χ0n) is 17.5. The normalized spacial score (nSPS) is 20.9. The summed E-state index contributed by atoms with van der Waals surface area (Å²) in [5.41, 5.74) is -0.319. The van der Waals surface area contributed by atoms with Crippen molar-refractivity contribution in [2.75, 3.05) is 26.2 Å². The Morgan fingerprint density at radius 1 is 1.17 bits per heavy atom. The Labute approximate surface area is 172 Å². The Morgan fingerprint density at radius 3 is 2.41 bits per heavy atom. The molecule has 7 nitrogen and oxygen atoms in total. The van der Waals surface area contributed by atoms with Crippen LogP contribution in [0.5, 0.6) is 0 Å². The Kier molecular flexibility index (Phi) is 6.57. The molecule has 7 heteroatoms. The Bertz CT molecular complexity index is 742. The minimum Gasteiger partial charge on any atom is -0.354 e. The molecule has 2 heterocycles. The third kappa shape index (κ3) is 4.29. The van der Waals surface area contributed by atoms with E-state index < -0.39 is 11.8 Å². The van der Waals surface area contributed by atoms with Gasteiger partial charge in [0.05, 0.1) is 6.61 Å². The summed E-state index contributed by atoms with van der Waals surface area (Å²) in [7, 11) is 0. The fourth-order valence-corrected chi connectivity index (χ4v) is 4.09. The number of piperidine rings is 1. The van der Waals surface area contributed by atoms with E-state index in [1.165, 1.54) is 0 Å². The smallest absolute Gasteiger partial charge is 0.256 e. The molecule has 1 spiro atoms. The summed E-state index contributed by atoms with van der Waals surface area (Å²) in [5, 5.41) is 2.90. The van der Waals surface area contributed by atoms with Crippen molar-refractivity contribution in [1.82, 2.24) is 15.1 Å². The molecule has 1 aromatic rings. The topological polar surface area (TPSA) is 79.0 Å². The van der Waals surface area contributed by atoms with Crippen LogP contribution in [0.2, 0.25) is 0 Å². The third-order valence-corrected chi connectivity index (χ3v) is 5.70. The second-order valence-electron chi connectivity index (χ2n) is 8.09. The summed E-state index contributed by atoms with van der Waals surface area (Å²) >= 11 is 0. The summed E-state index contributed by atoms with van der Waals surface area (Å²) in [5.74, 6) is -0.351. The van der Waals surface area contributed by atoms with E-state index in [9.17, 15) is 14.4 Å². The lowest BCUT2D eigenvalue weighted by Gasteiger charge is -2.44. The molecule has 1 aromatic carbocycles. The van der Waals surface area contributed by atoms with Gasteiger partial charge in [-0.3, -0.25) is 19.3 Å². The third-order valence-electron chi connectivity index (χ3n) is 5.70. The summed E-state index contributed by atoms with van der Waals surface area (Å²) in [6, 6.07) is 8.33. The lowest BCUT2D eigenvalue weighted by atomic mass is 9.95. The van der Waals surface area contributed by atoms with E-state index in [1.54, 1.807) is 17.0 Å². The Morgan fingerprint density at radius 2 is 1.83 bits per heavy atom. The van der Waals surface area contributed by atoms with Crippen molar-refractivity contribution in [2.24, 2.45) is 5.92 Å². The molecule has 0 aliphatic carbocycles. The molecule has 0 aromatic heterocycles. The van der Waals surface area contributed by atoms with Crippen LogP contribution in [0.1, 0.15) is 50.4 Å². The van der Waals surface area contributed by atoms with E-state index in [0.29, 0.717) is 38.0 Å². The van der Waals surface area contributed by atoms with Crippen molar-refractivity contribution in [2.45, 2.75) is 51.8 Å². The first-order valence-electron chi connectivity index (χ1n) is 10.5. The molecule has 1 unspecified atom stereocenters. The van der Waals surface area contributed by atoms with Crippen LogP contribution < -0.4 is 5.32 Å². The predicted octanol–water partition coefficient (Wildman–Crippen LogP) is 2.03. The number of benzene rings is 1. The molecule has 2 aliphatic rings. The molecular weight excluding hydrogens is 370 g/mol. The predicted molar refractivity (Wildman–Crippen MR) is 109 cm³/mol. The number of amides is 3. The minimum absolute atomic E-state index is 0.0665. The number of carbonyl (C=O) groups is 3. The van der Waals surface area contributed by atoms with Gasteiger partial charge in [-0.25, -0.2) is 0 Å². The van der Waals surface area contributed by atoms with Crippen LogP contribution in [-0.2, 0) is 14.3 Å². The largest absolute Gasteiger partial charge is 0.354 e. The molecule has 0 saturated carbocycles. The van der Waals surface area contributed by atoms with E-state index in [1.807, 2.05) is 43.9 Å². The van der Waals surface area contributed by atoms with Gasteiger partial charge >= 0.3 is 0 Å². The summed E-state index contributed by atoms with van der Waals surface area (Å²) < 4.78 is 6.15. The van der Waals surface area contributed by atoms with E-state index in [0.717, 1.165) is 6.42 Å². The maximum Gasteiger partial charge on any atom is 0.256 e. The molecule has 1 atom stereocenters. The average Bonchev–Trinajstić information content (AvgIpc) is 3.10. The van der Waals surface area contributed by atoms with Gasteiger partial charge in [0.15, 0.2) is 0 Å². The number of hydrogen-bond donors (Lipinski definition) is 1. The number of nitrogens with zero attached hydrogens (tertiary/aromatic N) is 2. The molecule has 2 aliphatic heterocycles. The van der Waals surface area contributed by atoms with Gasteiger partial charge in [0.25, 0.3) is 5.91 Å². The fourth-order valence-electron chi connectivity index (χ4n) is 4.09. The van der Waals surface area contributed by atoms with Crippen LogP contribution in [0.15, 0.2) is 30.3 Å². The van der Waals surface area contributed by atoms with Gasteiger partial charge in [0.1, 0.15) is 11.8 Å². The minimum atomic E-state index is -0.852.